The molecule has 0 aliphatic carbocycles. The lowest BCUT2D eigenvalue weighted by Gasteiger charge is -2.23. The summed E-state index contributed by atoms with van der Waals surface area (Å²) in [5.41, 5.74) is 4.83. The normalized spacial score (nSPS) is 12.8. The van der Waals surface area contributed by atoms with Gasteiger partial charge >= 0.3 is 6.09 Å². The summed E-state index contributed by atoms with van der Waals surface area (Å²) in [5.74, 6) is 0.594. The lowest BCUT2D eigenvalue weighted by atomic mass is 10.1. The molecule has 1 aliphatic rings. The predicted molar refractivity (Wildman–Crippen MR) is 154 cm³/mol. The van der Waals surface area contributed by atoms with Crippen LogP contribution in [0.4, 0.5) is 16.2 Å². The number of hydrogen-bond donors (Lipinski definition) is 5. The van der Waals surface area contributed by atoms with Crippen LogP contribution >= 0.6 is 11.6 Å². The molecule has 14 heteroatoms. The first kappa shape index (κ1) is 29.5. The fraction of sp³-hybridized carbons (Fsp3) is 0.185. The van der Waals surface area contributed by atoms with Crippen LogP contribution in [0.15, 0.2) is 77.5 Å². The molecule has 0 aromatic heterocycles. The number of carboxylic acid groups (broad SMARTS) is 1. The van der Waals surface area contributed by atoms with E-state index < -0.39 is 16.1 Å². The van der Waals surface area contributed by atoms with Gasteiger partial charge in [-0.05, 0) is 35.9 Å². The SMILES string of the molecule is COc1ccc(CNS(=O)(=O)c2cc(NC(=O)Cc3ccccc3Cl)ccc2N2CC(NC(=O)O)=CN2)c(OC)c1. The minimum Gasteiger partial charge on any atom is -0.497 e. The van der Waals surface area contributed by atoms with Gasteiger partial charge in [0, 0.05) is 35.1 Å². The molecule has 2 amide bonds. The minimum absolute atomic E-state index is 0.0131. The number of anilines is 2. The number of halogens is 1. The van der Waals surface area contributed by atoms with Crippen molar-refractivity contribution in [2.75, 3.05) is 31.1 Å². The number of nitrogens with zero attached hydrogens (tertiary/aromatic N) is 1. The lowest BCUT2D eigenvalue weighted by Crippen LogP contribution is -2.34. The largest absolute Gasteiger partial charge is 0.497 e. The Bertz CT molecular complexity index is 1600. The Labute approximate surface area is 241 Å². The molecule has 4 rings (SSSR count). The second-order valence-electron chi connectivity index (χ2n) is 8.82. The molecule has 0 spiro atoms. The summed E-state index contributed by atoms with van der Waals surface area (Å²) in [6, 6.07) is 16.3. The topological polar surface area (TPSA) is 158 Å². The van der Waals surface area contributed by atoms with E-state index >= 15 is 0 Å². The van der Waals surface area contributed by atoms with E-state index in [0.717, 1.165) is 0 Å². The van der Waals surface area contributed by atoms with Crippen molar-refractivity contribution < 1.29 is 32.6 Å². The number of rotatable bonds is 11. The highest BCUT2D eigenvalue weighted by Gasteiger charge is 2.26. The lowest BCUT2D eigenvalue weighted by molar-refractivity contribution is -0.115. The first-order valence-corrected chi connectivity index (χ1v) is 14.1. The van der Waals surface area contributed by atoms with Gasteiger partial charge in [-0.3, -0.25) is 15.1 Å². The Balaban J connectivity index is 1.61. The van der Waals surface area contributed by atoms with E-state index in [9.17, 15) is 18.0 Å². The van der Waals surface area contributed by atoms with E-state index in [-0.39, 0.29) is 41.7 Å². The summed E-state index contributed by atoms with van der Waals surface area (Å²) in [7, 11) is -1.20. The van der Waals surface area contributed by atoms with Crippen molar-refractivity contribution in [1.29, 1.82) is 0 Å². The summed E-state index contributed by atoms with van der Waals surface area (Å²) in [4.78, 5) is 23.7. The highest BCUT2D eigenvalue weighted by atomic mass is 35.5. The van der Waals surface area contributed by atoms with Gasteiger partial charge < -0.3 is 25.3 Å². The maximum absolute atomic E-state index is 13.7. The third-order valence-electron chi connectivity index (χ3n) is 6.07. The van der Waals surface area contributed by atoms with Gasteiger partial charge in [0.25, 0.3) is 0 Å². The maximum Gasteiger partial charge on any atom is 0.409 e. The summed E-state index contributed by atoms with van der Waals surface area (Å²) in [6.45, 7) is -0.0606. The molecule has 3 aromatic rings. The molecule has 0 unspecified atom stereocenters. The molecule has 1 aliphatic heterocycles. The van der Waals surface area contributed by atoms with Crippen LogP contribution in [0.5, 0.6) is 11.5 Å². The van der Waals surface area contributed by atoms with E-state index in [1.54, 1.807) is 48.5 Å². The number of hydrazine groups is 1. The second kappa shape index (κ2) is 12.8. The van der Waals surface area contributed by atoms with Gasteiger partial charge in [0.05, 0.1) is 38.6 Å². The average molecular weight is 602 g/mol. The second-order valence-corrected chi connectivity index (χ2v) is 11.0. The number of hydrogen-bond acceptors (Lipinski definition) is 8. The Morgan fingerprint density at radius 1 is 1.02 bits per heavy atom. The Kier molecular flexibility index (Phi) is 9.22. The first-order valence-electron chi connectivity index (χ1n) is 12.2. The van der Waals surface area contributed by atoms with Crippen molar-refractivity contribution in [2.24, 2.45) is 0 Å². The molecule has 0 bridgehead atoms. The highest BCUT2D eigenvalue weighted by molar-refractivity contribution is 7.89. The van der Waals surface area contributed by atoms with Crippen molar-refractivity contribution in [1.82, 2.24) is 15.5 Å². The van der Waals surface area contributed by atoms with Gasteiger partial charge in [-0.15, -0.1) is 0 Å². The van der Waals surface area contributed by atoms with Crippen LogP contribution in [0.25, 0.3) is 0 Å². The van der Waals surface area contributed by atoms with E-state index in [4.69, 9.17) is 26.2 Å². The van der Waals surface area contributed by atoms with Crippen LogP contribution in [0.3, 0.4) is 0 Å². The number of amides is 2. The van der Waals surface area contributed by atoms with Crippen molar-refractivity contribution in [3.63, 3.8) is 0 Å². The first-order chi connectivity index (χ1) is 19.6. The van der Waals surface area contributed by atoms with Crippen LogP contribution in [0.2, 0.25) is 5.02 Å². The number of nitrogens with one attached hydrogen (secondary N) is 4. The monoisotopic (exact) mass is 601 g/mol. The van der Waals surface area contributed by atoms with E-state index in [0.29, 0.717) is 33.3 Å². The van der Waals surface area contributed by atoms with Crippen LogP contribution in [0.1, 0.15) is 11.1 Å². The number of carbonyl (C=O) groups excluding carboxylic acids is 1. The zero-order chi connectivity index (χ0) is 29.6. The quantitative estimate of drug-likeness (QED) is 0.222. The number of sulfonamides is 1. The van der Waals surface area contributed by atoms with Crippen LogP contribution in [0, 0.1) is 0 Å². The van der Waals surface area contributed by atoms with E-state index in [1.807, 2.05) is 0 Å². The minimum atomic E-state index is -4.18. The van der Waals surface area contributed by atoms with Crippen molar-refractivity contribution >= 4 is 45.0 Å². The highest BCUT2D eigenvalue weighted by Crippen LogP contribution is 2.31. The molecule has 3 aromatic carbocycles. The summed E-state index contributed by atoms with van der Waals surface area (Å²) >= 11 is 6.17. The summed E-state index contributed by atoms with van der Waals surface area (Å²) in [5, 5.41) is 15.9. The summed E-state index contributed by atoms with van der Waals surface area (Å²) in [6.07, 6.45) is 0.153. The fourth-order valence-corrected chi connectivity index (χ4v) is 5.52. The smallest absolute Gasteiger partial charge is 0.409 e. The molecule has 41 heavy (non-hydrogen) atoms. The third kappa shape index (κ3) is 7.39. The van der Waals surface area contributed by atoms with Gasteiger partial charge in [-0.2, -0.15) is 0 Å². The van der Waals surface area contributed by atoms with Crippen molar-refractivity contribution in [2.45, 2.75) is 17.9 Å². The van der Waals surface area contributed by atoms with E-state index in [1.165, 1.54) is 37.6 Å². The van der Waals surface area contributed by atoms with Crippen LogP contribution in [-0.4, -0.2) is 46.3 Å². The Morgan fingerprint density at radius 2 is 1.80 bits per heavy atom. The molecule has 0 fully saturated rings. The standard InChI is InChI=1S/C27H28ClN5O7S/c1-39-21-9-7-18(24(13-21)40-2)14-30-41(37,38)25-12-19(31-26(34)11-17-5-3-4-6-22(17)28)8-10-23(25)33-16-20(15-29-33)32-27(35)36/h3-10,12-13,15,29-30,32H,11,14,16H2,1-2H3,(H,31,34)(H,35,36). The zero-order valence-electron chi connectivity index (χ0n) is 22.1. The Hall–Kier alpha value is -4.46. The molecule has 0 atom stereocenters. The molecule has 216 valence electrons. The number of benzene rings is 3. The number of methoxy groups -OCH3 is 2. The third-order valence-corrected chi connectivity index (χ3v) is 7.87. The molecule has 0 saturated heterocycles. The average Bonchev–Trinajstić information content (AvgIpc) is 3.40. The molecule has 1 heterocycles. The van der Waals surface area contributed by atoms with E-state index in [2.05, 4.69) is 20.8 Å². The van der Waals surface area contributed by atoms with Crippen LogP contribution < -0.4 is 35.3 Å². The number of ether oxygens (including phenoxy) is 2. The van der Waals surface area contributed by atoms with Gasteiger partial charge in [-0.1, -0.05) is 35.9 Å². The Morgan fingerprint density at radius 3 is 2.51 bits per heavy atom. The molecule has 12 nitrogen and oxygen atoms in total. The summed E-state index contributed by atoms with van der Waals surface area (Å²) < 4.78 is 40.5. The fourth-order valence-electron chi connectivity index (χ4n) is 4.08. The molecule has 0 radical (unpaired) electrons. The van der Waals surface area contributed by atoms with Gasteiger partial charge in [-0.25, -0.2) is 17.9 Å². The van der Waals surface area contributed by atoms with Crippen molar-refractivity contribution in [3.8, 4) is 11.5 Å². The molecule has 0 saturated carbocycles. The molecular formula is C27H28ClN5O7S. The predicted octanol–water partition coefficient (Wildman–Crippen LogP) is 3.45. The van der Waals surface area contributed by atoms with Gasteiger partial charge in [0.15, 0.2) is 0 Å². The van der Waals surface area contributed by atoms with Crippen molar-refractivity contribution in [3.05, 3.63) is 88.7 Å². The van der Waals surface area contributed by atoms with Crippen LogP contribution in [-0.2, 0) is 27.8 Å². The molecular weight excluding hydrogens is 574 g/mol. The zero-order valence-corrected chi connectivity index (χ0v) is 23.7. The van der Waals surface area contributed by atoms with Gasteiger partial charge in [0.2, 0.25) is 15.9 Å². The molecule has 5 N–H and O–H groups in total. The maximum atomic E-state index is 13.7. The van der Waals surface area contributed by atoms with Gasteiger partial charge in [0.1, 0.15) is 16.4 Å². The number of carbonyl (C=O) groups is 2.